The number of nitrogens with two attached hydrogens (primary N) is 1. The highest BCUT2D eigenvalue weighted by molar-refractivity contribution is 7.21. The average Bonchev–Trinajstić information content (AvgIpc) is 3.43. The number of rotatable bonds is 7. The summed E-state index contributed by atoms with van der Waals surface area (Å²) in [7, 11) is 0. The number of fused-ring (bicyclic) bond motifs is 2. The summed E-state index contributed by atoms with van der Waals surface area (Å²) in [4.78, 5) is 44.8. The first kappa shape index (κ1) is 26.8. The molecule has 202 valence electrons. The van der Waals surface area contributed by atoms with E-state index in [2.05, 4.69) is 35.6 Å². The van der Waals surface area contributed by atoms with E-state index in [-0.39, 0.29) is 28.7 Å². The minimum atomic E-state index is -0.622. The Balaban J connectivity index is 1.46. The highest BCUT2D eigenvalue weighted by Gasteiger charge is 2.29. The van der Waals surface area contributed by atoms with Crippen molar-refractivity contribution < 1.29 is 23.9 Å². The second kappa shape index (κ2) is 11.2. The largest absolute Gasteiger partial charge is 0.462 e. The van der Waals surface area contributed by atoms with Crippen molar-refractivity contribution in [2.24, 2.45) is 0 Å². The van der Waals surface area contributed by atoms with Gasteiger partial charge in [-0.15, -0.1) is 22.7 Å². The molecule has 3 aromatic heterocycles. The summed E-state index contributed by atoms with van der Waals surface area (Å²) in [5, 5.41) is 3.76. The van der Waals surface area contributed by atoms with Crippen LogP contribution in [0.3, 0.4) is 0 Å². The van der Waals surface area contributed by atoms with Gasteiger partial charge in [-0.1, -0.05) is 30.3 Å². The predicted molar refractivity (Wildman–Crippen MR) is 154 cm³/mol. The van der Waals surface area contributed by atoms with Crippen LogP contribution in [0.15, 0.2) is 36.4 Å². The number of ether oxygens (including phenoxy) is 2. The van der Waals surface area contributed by atoms with Gasteiger partial charge in [0.05, 0.1) is 24.5 Å². The lowest BCUT2D eigenvalue weighted by molar-refractivity contribution is 0.0527. The Morgan fingerprint density at radius 1 is 1.05 bits per heavy atom. The molecule has 3 N–H and O–H groups in total. The van der Waals surface area contributed by atoms with Gasteiger partial charge in [-0.2, -0.15) is 0 Å². The number of benzene rings is 1. The molecule has 0 bridgehead atoms. The molecule has 0 aliphatic heterocycles. The number of anilines is 2. The first-order valence-electron chi connectivity index (χ1n) is 12.9. The summed E-state index contributed by atoms with van der Waals surface area (Å²) < 4.78 is 10.3. The third kappa shape index (κ3) is 5.14. The van der Waals surface area contributed by atoms with E-state index >= 15 is 0 Å². The molecule has 4 aromatic rings. The number of aromatic nitrogens is 1. The smallest absolute Gasteiger partial charge is 0.348 e. The molecule has 10 heteroatoms. The molecule has 0 fully saturated rings. The predicted octanol–water partition coefficient (Wildman–Crippen LogP) is 6.13. The van der Waals surface area contributed by atoms with E-state index in [1.807, 2.05) is 6.07 Å². The van der Waals surface area contributed by atoms with Crippen LogP contribution in [0.5, 0.6) is 0 Å². The van der Waals surface area contributed by atoms with Crippen molar-refractivity contribution in [3.05, 3.63) is 74.1 Å². The van der Waals surface area contributed by atoms with Gasteiger partial charge in [-0.3, -0.25) is 4.79 Å². The second-order valence-electron chi connectivity index (χ2n) is 9.30. The fraction of sp³-hybridized carbons (Fsp3) is 0.310. The molecule has 1 aliphatic rings. The standard InChI is InChI=1S/C29H29N3O5S2/c1-4-36-28(34)21-15(3)23(29(35)37-5-2)38-27(21)32-25(33)24-22(30)19-14-18-13-17(16-9-7-6-8-10-16)11-12-20(18)31-26(19)39-24/h6-10,14,17H,4-5,11-13,30H2,1-3H3,(H,32,33). The summed E-state index contributed by atoms with van der Waals surface area (Å²) in [6.07, 6.45) is 2.74. The van der Waals surface area contributed by atoms with Crippen LogP contribution in [0.4, 0.5) is 10.7 Å². The van der Waals surface area contributed by atoms with Gasteiger partial charge in [0, 0.05) is 11.1 Å². The van der Waals surface area contributed by atoms with Crippen molar-refractivity contribution in [3.8, 4) is 0 Å². The molecule has 1 unspecified atom stereocenters. The SMILES string of the molecule is CCOC(=O)c1sc(NC(=O)c2sc3nc4c(cc3c2N)CC(c2ccccc2)CC4)c(C(=O)OCC)c1C. The number of carbonyl (C=O) groups excluding carboxylic acids is 3. The Bertz CT molecular complexity index is 1580. The molecular weight excluding hydrogens is 534 g/mol. The lowest BCUT2D eigenvalue weighted by atomic mass is 9.82. The monoisotopic (exact) mass is 563 g/mol. The van der Waals surface area contributed by atoms with Crippen molar-refractivity contribution >= 4 is 61.4 Å². The number of hydrogen-bond acceptors (Lipinski definition) is 9. The fourth-order valence-corrected chi connectivity index (χ4v) is 7.05. The number of esters is 2. The van der Waals surface area contributed by atoms with Crippen LogP contribution < -0.4 is 11.1 Å². The number of aryl methyl sites for hydroxylation is 1. The van der Waals surface area contributed by atoms with Crippen LogP contribution >= 0.6 is 22.7 Å². The Kier molecular flexibility index (Phi) is 7.67. The Morgan fingerprint density at radius 3 is 2.49 bits per heavy atom. The molecule has 39 heavy (non-hydrogen) atoms. The van der Waals surface area contributed by atoms with Crippen molar-refractivity contribution in [2.45, 2.75) is 46.0 Å². The maximum atomic E-state index is 13.4. The number of hydrogen-bond donors (Lipinski definition) is 2. The molecule has 0 saturated heterocycles. The van der Waals surface area contributed by atoms with E-state index in [0.29, 0.717) is 26.9 Å². The molecule has 1 aromatic carbocycles. The number of nitrogens with one attached hydrogen (secondary N) is 1. The second-order valence-corrected chi connectivity index (χ2v) is 11.3. The van der Waals surface area contributed by atoms with Crippen molar-refractivity contribution in [3.63, 3.8) is 0 Å². The lowest BCUT2D eigenvalue weighted by Crippen LogP contribution is -2.15. The van der Waals surface area contributed by atoms with Crippen LogP contribution in [0.1, 0.15) is 78.3 Å². The Labute approximate surface area is 234 Å². The maximum Gasteiger partial charge on any atom is 0.348 e. The molecule has 1 amide bonds. The number of pyridine rings is 1. The van der Waals surface area contributed by atoms with Gasteiger partial charge in [0.1, 0.15) is 19.6 Å². The van der Waals surface area contributed by atoms with Gasteiger partial charge in [-0.05, 0) is 68.7 Å². The van der Waals surface area contributed by atoms with Gasteiger partial charge in [-0.25, -0.2) is 14.6 Å². The minimum Gasteiger partial charge on any atom is -0.462 e. The molecule has 3 heterocycles. The van der Waals surface area contributed by atoms with E-state index in [4.69, 9.17) is 20.2 Å². The average molecular weight is 564 g/mol. The normalized spacial score (nSPS) is 14.6. The minimum absolute atomic E-state index is 0.137. The number of thiophene rings is 2. The molecule has 0 saturated carbocycles. The number of nitrogens with zero attached hydrogens (tertiary/aromatic N) is 1. The summed E-state index contributed by atoms with van der Waals surface area (Å²) in [6, 6.07) is 12.5. The molecule has 0 radical (unpaired) electrons. The first-order chi connectivity index (χ1) is 18.8. The van der Waals surface area contributed by atoms with Crippen LogP contribution in [0, 0.1) is 6.92 Å². The molecular formula is C29H29N3O5S2. The third-order valence-corrected chi connectivity index (χ3v) is 9.18. The zero-order valence-corrected chi connectivity index (χ0v) is 23.6. The zero-order valence-electron chi connectivity index (χ0n) is 22.0. The van der Waals surface area contributed by atoms with Gasteiger partial charge in [0.15, 0.2) is 0 Å². The summed E-state index contributed by atoms with van der Waals surface area (Å²) >= 11 is 2.20. The third-order valence-electron chi connectivity index (χ3n) is 6.88. The lowest BCUT2D eigenvalue weighted by Gasteiger charge is -2.24. The topological polar surface area (TPSA) is 121 Å². The van der Waals surface area contributed by atoms with Gasteiger partial charge in [0.2, 0.25) is 0 Å². The van der Waals surface area contributed by atoms with Gasteiger partial charge >= 0.3 is 11.9 Å². The number of nitrogen functional groups attached to an aromatic ring is 1. The quantitative estimate of drug-likeness (QED) is 0.260. The molecule has 0 spiro atoms. The molecule has 8 nitrogen and oxygen atoms in total. The highest BCUT2D eigenvalue weighted by atomic mass is 32.1. The van der Waals surface area contributed by atoms with E-state index in [1.54, 1.807) is 20.8 Å². The van der Waals surface area contributed by atoms with Crippen molar-refractivity contribution in [1.29, 1.82) is 0 Å². The van der Waals surface area contributed by atoms with E-state index in [0.717, 1.165) is 47.2 Å². The summed E-state index contributed by atoms with van der Waals surface area (Å²) in [5.74, 6) is -1.24. The maximum absolute atomic E-state index is 13.4. The van der Waals surface area contributed by atoms with Crippen molar-refractivity contribution in [2.75, 3.05) is 24.3 Å². The zero-order chi connectivity index (χ0) is 27.7. The van der Waals surface area contributed by atoms with Crippen LogP contribution in [0.25, 0.3) is 10.2 Å². The van der Waals surface area contributed by atoms with E-state index < -0.39 is 17.8 Å². The number of carbonyl (C=O) groups is 3. The van der Waals surface area contributed by atoms with Gasteiger partial charge in [0.25, 0.3) is 5.91 Å². The summed E-state index contributed by atoms with van der Waals surface area (Å²) in [5.41, 5.74) is 10.9. The Morgan fingerprint density at radius 2 is 1.77 bits per heavy atom. The van der Waals surface area contributed by atoms with Gasteiger partial charge < -0.3 is 20.5 Å². The summed E-state index contributed by atoms with van der Waals surface area (Å²) in [6.45, 7) is 5.37. The van der Waals surface area contributed by atoms with Crippen LogP contribution in [-0.2, 0) is 22.3 Å². The van der Waals surface area contributed by atoms with E-state index in [1.165, 1.54) is 16.9 Å². The molecule has 1 atom stereocenters. The van der Waals surface area contributed by atoms with E-state index in [9.17, 15) is 14.4 Å². The first-order valence-corrected chi connectivity index (χ1v) is 14.5. The van der Waals surface area contributed by atoms with Crippen LogP contribution in [0.2, 0.25) is 0 Å². The van der Waals surface area contributed by atoms with Crippen molar-refractivity contribution in [1.82, 2.24) is 4.98 Å². The molecule has 5 rings (SSSR count). The Hall–Kier alpha value is -3.76. The van der Waals surface area contributed by atoms with Crippen LogP contribution in [-0.4, -0.2) is 36.0 Å². The number of amides is 1. The highest BCUT2D eigenvalue weighted by Crippen LogP contribution is 2.40. The fourth-order valence-electron chi connectivity index (χ4n) is 4.97. The molecule has 1 aliphatic carbocycles.